The predicted octanol–water partition coefficient (Wildman–Crippen LogP) is 2.45. The Balaban J connectivity index is 2.48. The lowest BCUT2D eigenvalue weighted by atomic mass is 10.3. The molecule has 100 valence electrons. The molecular weight excluding hydrogens is 282 g/mol. The number of benzene rings is 1. The quantitative estimate of drug-likeness (QED) is 0.795. The van der Waals surface area contributed by atoms with Gasteiger partial charge >= 0.3 is 0 Å². The van der Waals surface area contributed by atoms with E-state index in [4.69, 9.17) is 6.42 Å². The van der Waals surface area contributed by atoms with Crippen molar-refractivity contribution in [2.75, 3.05) is 13.1 Å². The van der Waals surface area contributed by atoms with Gasteiger partial charge in [0, 0.05) is 6.54 Å². The van der Waals surface area contributed by atoms with E-state index in [1.807, 2.05) is 6.92 Å². The maximum atomic E-state index is 12.6. The van der Waals surface area contributed by atoms with E-state index in [0.717, 1.165) is 11.4 Å². The number of rotatable bonds is 5. The van der Waals surface area contributed by atoms with Crippen molar-refractivity contribution < 1.29 is 8.42 Å². The maximum absolute atomic E-state index is 12.6. The molecule has 1 aromatic rings. The third kappa shape index (κ3) is 2.61. The Kier molecular flexibility index (Phi) is 4.14. The topological polar surface area (TPSA) is 62.1 Å². The fourth-order valence-electron chi connectivity index (χ4n) is 1.76. The predicted molar refractivity (Wildman–Crippen MR) is 75.9 cm³/mol. The summed E-state index contributed by atoms with van der Waals surface area (Å²) in [5.41, 5.74) is 0.994. The average Bonchev–Trinajstić information content (AvgIpc) is 2.86. The highest BCUT2D eigenvalue weighted by Crippen LogP contribution is 2.38. The summed E-state index contributed by atoms with van der Waals surface area (Å²) in [6.45, 7) is 2.36. The van der Waals surface area contributed by atoms with E-state index < -0.39 is 10.0 Å². The fourth-order valence-corrected chi connectivity index (χ4v) is 3.96. The molecule has 0 N–H and O–H groups in total. The van der Waals surface area contributed by atoms with Gasteiger partial charge in [-0.2, -0.15) is 13.0 Å². The van der Waals surface area contributed by atoms with Gasteiger partial charge < -0.3 is 0 Å². The van der Waals surface area contributed by atoms with Crippen LogP contribution in [0.5, 0.6) is 0 Å². The van der Waals surface area contributed by atoms with Crippen molar-refractivity contribution in [3.8, 4) is 12.3 Å². The first-order valence-electron chi connectivity index (χ1n) is 5.76. The summed E-state index contributed by atoms with van der Waals surface area (Å²) in [6.07, 6.45) is 5.95. The van der Waals surface area contributed by atoms with Gasteiger partial charge in [-0.15, -0.1) is 6.42 Å². The van der Waals surface area contributed by atoms with E-state index in [2.05, 4.69) is 14.6 Å². The second kappa shape index (κ2) is 5.65. The summed E-state index contributed by atoms with van der Waals surface area (Å²) in [6, 6.07) is 4.94. The van der Waals surface area contributed by atoms with Crippen LogP contribution >= 0.6 is 0 Å². The third-order valence-corrected chi connectivity index (χ3v) is 5.03. The lowest BCUT2D eigenvalue weighted by Gasteiger charge is -2.19. The van der Waals surface area contributed by atoms with Crippen LogP contribution in [-0.4, -0.2) is 25.8 Å². The lowest BCUT2D eigenvalue weighted by molar-refractivity contribution is 0.446. The smallest absolute Gasteiger partial charge is 0.207 e. The lowest BCUT2D eigenvalue weighted by Crippen LogP contribution is -2.32. The van der Waals surface area contributed by atoms with Gasteiger partial charge in [0.2, 0.25) is 10.0 Å². The van der Waals surface area contributed by atoms with Gasteiger partial charge in [0.05, 0.1) is 17.9 Å². The first-order chi connectivity index (χ1) is 9.11. The summed E-state index contributed by atoms with van der Waals surface area (Å²) in [4.78, 5) is 0.169. The first kappa shape index (κ1) is 13.9. The molecule has 0 saturated carbocycles. The largest absolute Gasteiger partial charge is 0.246 e. The summed E-state index contributed by atoms with van der Waals surface area (Å²) in [5.74, 6) is 2.38. The Morgan fingerprint density at radius 2 is 2.21 bits per heavy atom. The first-order valence-corrected chi connectivity index (χ1v) is 7.93. The zero-order valence-corrected chi connectivity index (χ0v) is 12.0. The minimum Gasteiger partial charge on any atom is -0.207 e. The third-order valence-electron chi connectivity index (χ3n) is 2.61. The fraction of sp³-hybridized carbons (Fsp3) is 0.333. The average molecular weight is 295 g/mol. The number of hydrogen-bond acceptors (Lipinski definition) is 4. The normalized spacial score (nSPS) is 13.1. The van der Waals surface area contributed by atoms with Crippen molar-refractivity contribution in [2.24, 2.45) is 8.73 Å². The Morgan fingerprint density at radius 3 is 2.89 bits per heavy atom. The Labute approximate surface area is 116 Å². The molecule has 1 aliphatic rings. The van der Waals surface area contributed by atoms with Crippen LogP contribution in [-0.2, 0) is 21.4 Å². The van der Waals surface area contributed by atoms with Gasteiger partial charge in [-0.25, -0.2) is 8.42 Å². The molecule has 7 heteroatoms. The van der Waals surface area contributed by atoms with Crippen molar-refractivity contribution in [3.63, 3.8) is 0 Å². The molecule has 5 nitrogen and oxygen atoms in total. The Hall–Kier alpha value is -1.49. The minimum atomic E-state index is -3.63. The minimum absolute atomic E-state index is 0.0596. The molecule has 0 spiro atoms. The standard InChI is InChI=1S/C12H13N3O2S2/c1-3-8-15(9-4-2)19(16,17)11-7-5-6-10-12(11)14-18-13-10/h1,5-7H,4,8-9H2,2H3. The summed E-state index contributed by atoms with van der Waals surface area (Å²) in [5, 5.41) is 0. The molecule has 1 aromatic carbocycles. The monoisotopic (exact) mass is 295 g/mol. The zero-order valence-electron chi connectivity index (χ0n) is 10.4. The van der Waals surface area contributed by atoms with Gasteiger partial charge in [0.15, 0.2) is 0 Å². The molecule has 0 saturated heterocycles. The van der Waals surface area contributed by atoms with E-state index in [1.54, 1.807) is 12.1 Å². The van der Waals surface area contributed by atoms with E-state index in [1.165, 1.54) is 10.4 Å². The summed E-state index contributed by atoms with van der Waals surface area (Å²) >= 11 is 0.998. The maximum Gasteiger partial charge on any atom is 0.246 e. The van der Waals surface area contributed by atoms with E-state index in [-0.39, 0.29) is 11.4 Å². The molecule has 1 aliphatic heterocycles. The SMILES string of the molecule is C#CCN(CCC)S(=O)(=O)c1cccc2c1N=S=N2. The molecule has 0 aromatic heterocycles. The highest BCUT2D eigenvalue weighted by molar-refractivity contribution is 7.89. The molecular formula is C12H13N3O2S2. The van der Waals surface area contributed by atoms with Crippen LogP contribution in [0.4, 0.5) is 11.4 Å². The van der Waals surface area contributed by atoms with Crippen molar-refractivity contribution in [1.82, 2.24) is 4.31 Å². The number of terminal acetylenes is 1. The van der Waals surface area contributed by atoms with Gasteiger partial charge in [0.1, 0.15) is 16.3 Å². The van der Waals surface area contributed by atoms with Crippen LogP contribution in [0, 0.1) is 12.3 Å². The van der Waals surface area contributed by atoms with Crippen LogP contribution in [0.3, 0.4) is 0 Å². The van der Waals surface area contributed by atoms with E-state index in [0.29, 0.717) is 24.3 Å². The van der Waals surface area contributed by atoms with Crippen LogP contribution in [0.2, 0.25) is 0 Å². The van der Waals surface area contributed by atoms with Crippen molar-refractivity contribution >= 4 is 32.8 Å². The second-order valence-corrected chi connectivity index (χ2v) is 6.37. The summed E-state index contributed by atoms with van der Waals surface area (Å²) in [7, 11) is -3.63. The molecule has 0 aliphatic carbocycles. The molecule has 0 fully saturated rings. The molecule has 0 unspecified atom stereocenters. The van der Waals surface area contributed by atoms with Crippen LogP contribution < -0.4 is 0 Å². The number of fused-ring (bicyclic) bond motifs is 1. The van der Waals surface area contributed by atoms with Crippen LogP contribution in [0.25, 0.3) is 0 Å². The van der Waals surface area contributed by atoms with Gasteiger partial charge in [0.25, 0.3) is 0 Å². The van der Waals surface area contributed by atoms with Crippen molar-refractivity contribution in [2.45, 2.75) is 18.2 Å². The number of nitrogens with zero attached hydrogens (tertiary/aromatic N) is 3. The van der Waals surface area contributed by atoms with Gasteiger partial charge in [-0.05, 0) is 18.6 Å². The van der Waals surface area contributed by atoms with Crippen molar-refractivity contribution in [3.05, 3.63) is 18.2 Å². The molecule has 0 atom stereocenters. The molecule has 2 rings (SSSR count). The molecule has 1 heterocycles. The molecule has 0 radical (unpaired) electrons. The Morgan fingerprint density at radius 1 is 1.42 bits per heavy atom. The molecule has 0 bridgehead atoms. The number of hydrogen-bond donors (Lipinski definition) is 0. The number of sulfonamides is 1. The highest BCUT2D eigenvalue weighted by Gasteiger charge is 2.28. The Bertz CT molecular complexity index is 698. The molecule has 0 amide bonds. The van der Waals surface area contributed by atoms with Gasteiger partial charge in [-0.1, -0.05) is 18.9 Å². The summed E-state index contributed by atoms with van der Waals surface area (Å²) < 4.78 is 34.6. The van der Waals surface area contributed by atoms with Crippen LogP contribution in [0.15, 0.2) is 31.8 Å². The molecule has 19 heavy (non-hydrogen) atoms. The van der Waals surface area contributed by atoms with E-state index >= 15 is 0 Å². The van der Waals surface area contributed by atoms with E-state index in [9.17, 15) is 8.42 Å². The van der Waals surface area contributed by atoms with Crippen LogP contribution in [0.1, 0.15) is 13.3 Å². The zero-order chi connectivity index (χ0) is 13.9. The van der Waals surface area contributed by atoms with Gasteiger partial charge in [-0.3, -0.25) is 0 Å². The highest BCUT2D eigenvalue weighted by atomic mass is 32.2. The van der Waals surface area contributed by atoms with Crippen molar-refractivity contribution in [1.29, 1.82) is 0 Å². The second-order valence-electron chi connectivity index (χ2n) is 3.93.